The van der Waals surface area contributed by atoms with E-state index in [1.54, 1.807) is 0 Å². The number of hydrogen-bond donors (Lipinski definition) is 0. The highest BCUT2D eigenvalue weighted by Gasteiger charge is 2.06. The maximum atomic E-state index is 11.9. The third kappa shape index (κ3) is 5.94. The summed E-state index contributed by atoms with van der Waals surface area (Å²) in [6, 6.07) is 9.52. The first-order valence-electron chi connectivity index (χ1n) is 6.51. The Balaban J connectivity index is 2.22. The average Bonchev–Trinajstić information content (AvgIpc) is 2.36. The standard InChI is InChI=1S/C15H24N2O/c1-16(2)11-7-12-17(3)13-10-15(18)14-8-5-4-6-9-14/h4-6,8-9H,7,10-13H2,1-3H3. The van der Waals surface area contributed by atoms with Gasteiger partial charge in [0.05, 0.1) is 0 Å². The van der Waals surface area contributed by atoms with Gasteiger partial charge in [-0.2, -0.15) is 0 Å². The first-order chi connectivity index (χ1) is 8.59. The zero-order chi connectivity index (χ0) is 13.4. The smallest absolute Gasteiger partial charge is 0.164 e. The van der Waals surface area contributed by atoms with E-state index >= 15 is 0 Å². The Hall–Kier alpha value is -1.19. The Labute approximate surface area is 110 Å². The van der Waals surface area contributed by atoms with Crippen LogP contribution in [0.25, 0.3) is 0 Å². The Bertz CT molecular complexity index is 349. The van der Waals surface area contributed by atoms with E-state index in [-0.39, 0.29) is 5.78 Å². The monoisotopic (exact) mass is 248 g/mol. The van der Waals surface area contributed by atoms with Crippen molar-refractivity contribution in [3.8, 4) is 0 Å². The van der Waals surface area contributed by atoms with E-state index < -0.39 is 0 Å². The fraction of sp³-hybridized carbons (Fsp3) is 0.533. The molecule has 0 aromatic heterocycles. The number of rotatable bonds is 8. The van der Waals surface area contributed by atoms with E-state index in [0.717, 1.165) is 31.6 Å². The van der Waals surface area contributed by atoms with Gasteiger partial charge in [0, 0.05) is 18.5 Å². The van der Waals surface area contributed by atoms with Crippen LogP contribution >= 0.6 is 0 Å². The molecule has 0 saturated heterocycles. The molecule has 1 rings (SSSR count). The number of Topliss-reactive ketones (excluding diaryl/α,β-unsaturated/α-hetero) is 1. The Morgan fingerprint density at radius 1 is 1.00 bits per heavy atom. The van der Waals surface area contributed by atoms with Gasteiger partial charge in [-0.15, -0.1) is 0 Å². The summed E-state index contributed by atoms with van der Waals surface area (Å²) in [6.07, 6.45) is 1.74. The summed E-state index contributed by atoms with van der Waals surface area (Å²) < 4.78 is 0. The molecule has 100 valence electrons. The molecule has 3 heteroatoms. The highest BCUT2D eigenvalue weighted by molar-refractivity contribution is 5.96. The fourth-order valence-corrected chi connectivity index (χ4v) is 1.83. The van der Waals surface area contributed by atoms with Crippen molar-refractivity contribution in [1.82, 2.24) is 9.80 Å². The van der Waals surface area contributed by atoms with Crippen molar-refractivity contribution in [3.63, 3.8) is 0 Å². The van der Waals surface area contributed by atoms with Crippen LogP contribution in [0.4, 0.5) is 0 Å². The van der Waals surface area contributed by atoms with Gasteiger partial charge >= 0.3 is 0 Å². The van der Waals surface area contributed by atoms with Gasteiger partial charge in [-0.3, -0.25) is 4.79 Å². The third-order valence-corrected chi connectivity index (χ3v) is 2.96. The molecule has 0 aliphatic heterocycles. The van der Waals surface area contributed by atoms with Gasteiger partial charge in [-0.25, -0.2) is 0 Å². The summed E-state index contributed by atoms with van der Waals surface area (Å²) in [5.41, 5.74) is 0.819. The third-order valence-electron chi connectivity index (χ3n) is 2.96. The van der Waals surface area contributed by atoms with Crippen LogP contribution in [0.2, 0.25) is 0 Å². The zero-order valence-electron chi connectivity index (χ0n) is 11.7. The molecule has 0 heterocycles. The van der Waals surface area contributed by atoms with E-state index in [1.807, 2.05) is 30.3 Å². The lowest BCUT2D eigenvalue weighted by molar-refractivity contribution is 0.0968. The Morgan fingerprint density at radius 2 is 1.67 bits per heavy atom. The molecule has 0 amide bonds. The molecule has 0 spiro atoms. The second-order valence-corrected chi connectivity index (χ2v) is 5.00. The predicted octanol–water partition coefficient (Wildman–Crippen LogP) is 2.14. The first kappa shape index (κ1) is 14.9. The minimum absolute atomic E-state index is 0.232. The molecular formula is C15H24N2O. The first-order valence-corrected chi connectivity index (χ1v) is 6.51. The van der Waals surface area contributed by atoms with Crippen LogP contribution in [0.5, 0.6) is 0 Å². The van der Waals surface area contributed by atoms with Crippen LogP contribution in [-0.4, -0.2) is 56.4 Å². The lowest BCUT2D eigenvalue weighted by Crippen LogP contribution is -2.26. The van der Waals surface area contributed by atoms with Crippen molar-refractivity contribution in [1.29, 1.82) is 0 Å². The van der Waals surface area contributed by atoms with Crippen LogP contribution < -0.4 is 0 Å². The van der Waals surface area contributed by atoms with Crippen molar-refractivity contribution in [2.45, 2.75) is 12.8 Å². The van der Waals surface area contributed by atoms with Crippen LogP contribution in [0.3, 0.4) is 0 Å². The summed E-state index contributed by atoms with van der Waals surface area (Å²) in [5.74, 6) is 0.232. The molecule has 0 fully saturated rings. The van der Waals surface area contributed by atoms with E-state index in [4.69, 9.17) is 0 Å². The highest BCUT2D eigenvalue weighted by atomic mass is 16.1. The SMILES string of the molecule is CN(C)CCCN(C)CCC(=O)c1ccccc1. The predicted molar refractivity (Wildman–Crippen MR) is 76.1 cm³/mol. The Kier molecular flexibility index (Phi) is 6.61. The molecule has 1 aromatic carbocycles. The molecule has 0 radical (unpaired) electrons. The summed E-state index contributed by atoms with van der Waals surface area (Å²) in [7, 11) is 6.24. The van der Waals surface area contributed by atoms with Crippen molar-refractivity contribution < 1.29 is 4.79 Å². The molecule has 3 nitrogen and oxygen atoms in total. The normalized spacial score (nSPS) is 11.2. The second kappa shape index (κ2) is 8.01. The maximum Gasteiger partial charge on any atom is 0.164 e. The van der Waals surface area contributed by atoms with E-state index in [0.29, 0.717) is 6.42 Å². The van der Waals surface area contributed by atoms with Gasteiger partial charge in [0.25, 0.3) is 0 Å². The van der Waals surface area contributed by atoms with Gasteiger partial charge in [-0.1, -0.05) is 30.3 Å². The van der Waals surface area contributed by atoms with Crippen molar-refractivity contribution >= 4 is 5.78 Å². The maximum absolute atomic E-state index is 11.9. The molecule has 0 saturated carbocycles. The second-order valence-electron chi connectivity index (χ2n) is 5.00. The van der Waals surface area contributed by atoms with E-state index in [2.05, 4.69) is 30.9 Å². The molecule has 0 N–H and O–H groups in total. The number of hydrogen-bond acceptors (Lipinski definition) is 3. The van der Waals surface area contributed by atoms with Gasteiger partial charge in [0.1, 0.15) is 0 Å². The summed E-state index contributed by atoms with van der Waals surface area (Å²) in [6.45, 7) is 2.97. The number of carbonyl (C=O) groups excluding carboxylic acids is 1. The average molecular weight is 248 g/mol. The number of ketones is 1. The highest BCUT2D eigenvalue weighted by Crippen LogP contribution is 2.03. The van der Waals surface area contributed by atoms with Gasteiger partial charge in [0.15, 0.2) is 5.78 Å². The van der Waals surface area contributed by atoms with Gasteiger partial charge in [-0.05, 0) is 40.7 Å². The molecule has 0 bridgehead atoms. The van der Waals surface area contributed by atoms with E-state index in [9.17, 15) is 4.79 Å². The topological polar surface area (TPSA) is 23.6 Å². The number of carbonyl (C=O) groups is 1. The van der Waals surface area contributed by atoms with Crippen molar-refractivity contribution in [2.75, 3.05) is 40.8 Å². The van der Waals surface area contributed by atoms with Crippen LogP contribution in [0.1, 0.15) is 23.2 Å². The lowest BCUT2D eigenvalue weighted by Gasteiger charge is -2.17. The number of benzene rings is 1. The van der Waals surface area contributed by atoms with Gasteiger partial charge < -0.3 is 9.80 Å². The molecule has 0 atom stereocenters. The minimum atomic E-state index is 0.232. The molecule has 1 aromatic rings. The van der Waals surface area contributed by atoms with Crippen molar-refractivity contribution in [2.24, 2.45) is 0 Å². The summed E-state index contributed by atoms with van der Waals surface area (Å²) >= 11 is 0. The van der Waals surface area contributed by atoms with Crippen LogP contribution in [0.15, 0.2) is 30.3 Å². The van der Waals surface area contributed by atoms with Gasteiger partial charge in [0.2, 0.25) is 0 Å². The largest absolute Gasteiger partial charge is 0.309 e. The molecule has 18 heavy (non-hydrogen) atoms. The zero-order valence-corrected chi connectivity index (χ0v) is 11.7. The minimum Gasteiger partial charge on any atom is -0.309 e. The van der Waals surface area contributed by atoms with Crippen LogP contribution in [0, 0.1) is 0 Å². The van der Waals surface area contributed by atoms with Crippen molar-refractivity contribution in [3.05, 3.63) is 35.9 Å². The molecular weight excluding hydrogens is 224 g/mol. The molecule has 0 aliphatic carbocycles. The molecule has 0 aliphatic rings. The fourth-order valence-electron chi connectivity index (χ4n) is 1.83. The van der Waals surface area contributed by atoms with Crippen LogP contribution in [-0.2, 0) is 0 Å². The quantitative estimate of drug-likeness (QED) is 0.659. The number of nitrogens with zero attached hydrogens (tertiary/aromatic N) is 2. The summed E-state index contributed by atoms with van der Waals surface area (Å²) in [4.78, 5) is 16.3. The summed E-state index contributed by atoms with van der Waals surface area (Å²) in [5, 5.41) is 0. The van der Waals surface area contributed by atoms with E-state index in [1.165, 1.54) is 0 Å². The lowest BCUT2D eigenvalue weighted by atomic mass is 10.1. The Morgan fingerprint density at radius 3 is 2.28 bits per heavy atom. The molecule has 0 unspecified atom stereocenters.